The lowest BCUT2D eigenvalue weighted by molar-refractivity contribution is 0.487. The minimum absolute atomic E-state index is 0.746. The van der Waals surface area contributed by atoms with Crippen LogP contribution in [0.25, 0.3) is 21.9 Å². The van der Waals surface area contributed by atoms with Gasteiger partial charge in [-0.3, -0.25) is 0 Å². The van der Waals surface area contributed by atoms with Crippen molar-refractivity contribution in [3.05, 3.63) is 58.0 Å². The van der Waals surface area contributed by atoms with E-state index in [1.54, 1.807) is 0 Å². The molecular weight excluding hydrogens is 324 g/mol. The molecular formula is C16H8BrClO. The van der Waals surface area contributed by atoms with E-state index in [4.69, 9.17) is 16.3 Å². The Balaban J connectivity index is 2.25. The van der Waals surface area contributed by atoms with E-state index in [2.05, 4.69) is 22.0 Å². The van der Waals surface area contributed by atoms with Crippen molar-refractivity contribution in [3.63, 3.8) is 0 Å². The molecule has 0 saturated carbocycles. The summed E-state index contributed by atoms with van der Waals surface area (Å²) in [5, 5.41) is 2.84. The molecule has 3 heteroatoms. The van der Waals surface area contributed by atoms with Crippen LogP contribution in [0.1, 0.15) is 0 Å². The molecule has 0 aliphatic carbocycles. The van der Waals surface area contributed by atoms with Crippen molar-refractivity contribution in [2.75, 3.05) is 0 Å². The van der Waals surface area contributed by atoms with E-state index in [-0.39, 0.29) is 0 Å². The summed E-state index contributed by atoms with van der Waals surface area (Å²) in [4.78, 5) is 0. The van der Waals surface area contributed by atoms with Crippen LogP contribution in [0, 0.1) is 0 Å². The minimum Gasteiger partial charge on any atom is -0.456 e. The Bertz CT molecular complexity index is 826. The Morgan fingerprint density at radius 1 is 0.895 bits per heavy atom. The second-order valence-corrected chi connectivity index (χ2v) is 5.75. The second kappa shape index (κ2) is 3.99. The van der Waals surface area contributed by atoms with E-state index in [1.807, 2.05) is 42.5 Å². The summed E-state index contributed by atoms with van der Waals surface area (Å²) < 4.78 is 7.03. The highest BCUT2D eigenvalue weighted by molar-refractivity contribution is 9.10. The molecule has 0 aromatic heterocycles. The van der Waals surface area contributed by atoms with Gasteiger partial charge in [-0.15, -0.1) is 0 Å². The second-order valence-electron chi connectivity index (χ2n) is 4.49. The molecule has 0 saturated heterocycles. The molecule has 19 heavy (non-hydrogen) atoms. The van der Waals surface area contributed by atoms with Crippen LogP contribution in [0.3, 0.4) is 0 Å². The van der Waals surface area contributed by atoms with Crippen LogP contribution in [-0.4, -0.2) is 0 Å². The maximum Gasteiger partial charge on any atom is 0.136 e. The van der Waals surface area contributed by atoms with Gasteiger partial charge >= 0.3 is 0 Å². The summed E-state index contributed by atoms with van der Waals surface area (Å²) in [6.07, 6.45) is 0. The normalized spacial score (nSPS) is 12.1. The summed E-state index contributed by atoms with van der Waals surface area (Å²) >= 11 is 9.93. The molecule has 0 radical (unpaired) electrons. The molecule has 4 rings (SSSR count). The fourth-order valence-corrected chi connectivity index (χ4v) is 3.35. The topological polar surface area (TPSA) is 9.23 Å². The smallest absolute Gasteiger partial charge is 0.136 e. The molecule has 1 aliphatic heterocycles. The third kappa shape index (κ3) is 1.54. The lowest BCUT2D eigenvalue weighted by Gasteiger charge is -2.22. The first-order chi connectivity index (χ1) is 9.25. The van der Waals surface area contributed by atoms with Crippen molar-refractivity contribution < 1.29 is 4.74 Å². The zero-order valence-corrected chi connectivity index (χ0v) is 12.1. The van der Waals surface area contributed by atoms with Crippen molar-refractivity contribution in [3.8, 4) is 22.6 Å². The summed E-state index contributed by atoms with van der Waals surface area (Å²) in [6, 6.07) is 15.9. The average Bonchev–Trinajstić information content (AvgIpc) is 2.44. The SMILES string of the molecule is Clc1ccc2c3c(c(Br)ccc13)-c1ccccc1O2. The molecule has 3 aromatic rings. The first kappa shape index (κ1) is 11.3. The fraction of sp³-hybridized carbons (Fsp3) is 0. The highest BCUT2D eigenvalue weighted by Gasteiger charge is 2.22. The molecule has 1 nitrogen and oxygen atoms in total. The molecule has 0 bridgehead atoms. The highest BCUT2D eigenvalue weighted by Crippen LogP contribution is 2.50. The molecule has 0 fully saturated rings. The largest absolute Gasteiger partial charge is 0.456 e. The number of benzene rings is 3. The van der Waals surface area contributed by atoms with E-state index in [9.17, 15) is 0 Å². The number of para-hydroxylation sites is 1. The summed E-state index contributed by atoms with van der Waals surface area (Å²) in [5.41, 5.74) is 2.24. The Morgan fingerprint density at radius 2 is 1.74 bits per heavy atom. The predicted molar refractivity (Wildman–Crippen MR) is 82.2 cm³/mol. The van der Waals surface area contributed by atoms with E-state index in [0.717, 1.165) is 42.9 Å². The lowest BCUT2D eigenvalue weighted by atomic mass is 9.95. The molecule has 0 spiro atoms. The van der Waals surface area contributed by atoms with Gasteiger partial charge in [-0.1, -0.05) is 51.8 Å². The van der Waals surface area contributed by atoms with Gasteiger partial charge in [0, 0.05) is 31.4 Å². The van der Waals surface area contributed by atoms with Crippen molar-refractivity contribution in [1.29, 1.82) is 0 Å². The van der Waals surface area contributed by atoms with Crippen molar-refractivity contribution >= 4 is 38.3 Å². The third-order valence-electron chi connectivity index (χ3n) is 3.42. The van der Waals surface area contributed by atoms with Gasteiger partial charge in [-0.25, -0.2) is 0 Å². The number of hydrogen-bond donors (Lipinski definition) is 0. The minimum atomic E-state index is 0.746. The van der Waals surface area contributed by atoms with Gasteiger partial charge in [0.2, 0.25) is 0 Å². The van der Waals surface area contributed by atoms with Crippen molar-refractivity contribution in [2.24, 2.45) is 0 Å². The Hall–Kier alpha value is -1.51. The number of fused-ring (bicyclic) bond motifs is 2. The lowest BCUT2D eigenvalue weighted by Crippen LogP contribution is -1.97. The van der Waals surface area contributed by atoms with Gasteiger partial charge in [-0.05, 0) is 24.3 Å². The number of rotatable bonds is 0. The van der Waals surface area contributed by atoms with Crippen LogP contribution >= 0.6 is 27.5 Å². The standard InChI is InChI=1S/C16H8BrClO/c17-11-6-5-9-12(18)7-8-14-16(9)15(11)10-3-1-2-4-13(10)19-14/h1-8H. The first-order valence-corrected chi connectivity index (χ1v) is 7.11. The molecule has 0 N–H and O–H groups in total. The summed E-state index contributed by atoms with van der Waals surface area (Å²) in [7, 11) is 0. The van der Waals surface area contributed by atoms with Crippen LogP contribution < -0.4 is 4.74 Å². The van der Waals surface area contributed by atoms with Gasteiger partial charge in [0.1, 0.15) is 11.5 Å². The van der Waals surface area contributed by atoms with Gasteiger partial charge < -0.3 is 4.74 Å². The van der Waals surface area contributed by atoms with Gasteiger partial charge in [0.15, 0.2) is 0 Å². The van der Waals surface area contributed by atoms with Crippen LogP contribution in [0.5, 0.6) is 11.5 Å². The molecule has 1 heterocycles. The molecule has 0 unspecified atom stereocenters. The van der Waals surface area contributed by atoms with Crippen LogP contribution in [0.4, 0.5) is 0 Å². The Morgan fingerprint density at radius 3 is 2.63 bits per heavy atom. The average molecular weight is 332 g/mol. The zero-order chi connectivity index (χ0) is 13.0. The van der Waals surface area contributed by atoms with Gasteiger partial charge in [-0.2, -0.15) is 0 Å². The van der Waals surface area contributed by atoms with E-state index >= 15 is 0 Å². The maximum absolute atomic E-state index is 6.29. The number of hydrogen-bond acceptors (Lipinski definition) is 1. The monoisotopic (exact) mass is 330 g/mol. The zero-order valence-electron chi connectivity index (χ0n) is 9.78. The van der Waals surface area contributed by atoms with E-state index < -0.39 is 0 Å². The maximum atomic E-state index is 6.29. The fourth-order valence-electron chi connectivity index (χ4n) is 2.58. The van der Waals surface area contributed by atoms with E-state index in [1.165, 1.54) is 0 Å². The molecule has 0 atom stereocenters. The van der Waals surface area contributed by atoms with E-state index in [0.29, 0.717) is 0 Å². The van der Waals surface area contributed by atoms with Gasteiger partial charge in [0.25, 0.3) is 0 Å². The summed E-state index contributed by atoms with van der Waals surface area (Å²) in [5.74, 6) is 1.74. The van der Waals surface area contributed by atoms with Crippen LogP contribution in [-0.2, 0) is 0 Å². The quantitative estimate of drug-likeness (QED) is 0.382. The predicted octanol–water partition coefficient (Wildman–Crippen LogP) is 6.03. The van der Waals surface area contributed by atoms with Gasteiger partial charge in [0.05, 0.1) is 0 Å². The Labute approximate surface area is 123 Å². The first-order valence-electron chi connectivity index (χ1n) is 5.93. The third-order valence-corrected chi connectivity index (χ3v) is 4.41. The molecule has 3 aromatic carbocycles. The van der Waals surface area contributed by atoms with Crippen LogP contribution in [0.15, 0.2) is 53.0 Å². The highest BCUT2D eigenvalue weighted by atomic mass is 79.9. The summed E-state index contributed by atoms with van der Waals surface area (Å²) in [6.45, 7) is 0. The molecule has 1 aliphatic rings. The molecule has 92 valence electrons. The number of halogens is 2. The Kier molecular flexibility index (Phi) is 2.38. The number of ether oxygens (including phenoxy) is 1. The van der Waals surface area contributed by atoms with Crippen molar-refractivity contribution in [2.45, 2.75) is 0 Å². The molecule has 0 amide bonds. The van der Waals surface area contributed by atoms with Crippen LogP contribution in [0.2, 0.25) is 5.02 Å². The van der Waals surface area contributed by atoms with Crippen molar-refractivity contribution in [1.82, 2.24) is 0 Å².